The molecular formula is C19H25N3O3S2. The molecule has 1 heterocycles. The number of amides is 1. The second-order valence-corrected chi connectivity index (χ2v) is 10.4. The molecule has 1 aromatic heterocycles. The van der Waals surface area contributed by atoms with Crippen LogP contribution in [-0.4, -0.2) is 43.5 Å². The molecule has 0 atom stereocenters. The van der Waals surface area contributed by atoms with Crippen LogP contribution in [0.4, 0.5) is 5.69 Å². The van der Waals surface area contributed by atoms with Gasteiger partial charge in [-0.15, -0.1) is 0 Å². The maximum Gasteiger partial charge on any atom is 0.244 e. The van der Waals surface area contributed by atoms with Crippen molar-refractivity contribution in [1.82, 2.24) is 9.29 Å². The number of rotatable bonds is 6. The summed E-state index contributed by atoms with van der Waals surface area (Å²) in [6, 6.07) is 10.9. The third-order valence-corrected chi connectivity index (χ3v) is 6.62. The number of carbonyl (C=O) groups is 1. The zero-order chi connectivity index (χ0) is 20.2. The van der Waals surface area contributed by atoms with Crippen molar-refractivity contribution in [2.75, 3.05) is 25.2 Å². The average molecular weight is 408 g/mol. The van der Waals surface area contributed by atoms with Crippen molar-refractivity contribution in [3.63, 3.8) is 0 Å². The number of anilines is 1. The van der Waals surface area contributed by atoms with Gasteiger partial charge in [-0.3, -0.25) is 4.79 Å². The number of benzene rings is 1. The quantitative estimate of drug-likeness (QED) is 0.743. The molecule has 0 saturated carbocycles. The van der Waals surface area contributed by atoms with E-state index in [1.807, 2.05) is 24.3 Å². The van der Waals surface area contributed by atoms with Gasteiger partial charge in [0.1, 0.15) is 4.90 Å². The molecule has 1 amide bonds. The highest BCUT2D eigenvalue weighted by molar-refractivity contribution is 7.99. The molecule has 1 N–H and O–H groups in total. The Hall–Kier alpha value is -1.90. The Kier molecular flexibility index (Phi) is 6.67. The number of nitrogens with zero attached hydrogens (tertiary/aromatic N) is 2. The Morgan fingerprint density at radius 1 is 1.11 bits per heavy atom. The van der Waals surface area contributed by atoms with E-state index in [0.717, 1.165) is 9.99 Å². The summed E-state index contributed by atoms with van der Waals surface area (Å²) in [7, 11) is -0.560. The molecule has 0 bridgehead atoms. The van der Waals surface area contributed by atoms with Crippen molar-refractivity contribution in [1.29, 1.82) is 0 Å². The van der Waals surface area contributed by atoms with Crippen molar-refractivity contribution >= 4 is 33.4 Å². The van der Waals surface area contributed by atoms with Gasteiger partial charge >= 0.3 is 0 Å². The van der Waals surface area contributed by atoms with Crippen LogP contribution >= 0.6 is 11.8 Å². The third-order valence-electron chi connectivity index (χ3n) is 3.87. The molecule has 0 radical (unpaired) electrons. The predicted octanol–water partition coefficient (Wildman–Crippen LogP) is 3.36. The summed E-state index contributed by atoms with van der Waals surface area (Å²) in [5, 5.41) is 3.44. The fourth-order valence-corrected chi connectivity index (χ4v) is 3.70. The molecule has 1 aromatic carbocycles. The Morgan fingerprint density at radius 3 is 2.22 bits per heavy atom. The predicted molar refractivity (Wildman–Crippen MR) is 110 cm³/mol. The Labute approximate surface area is 165 Å². The molecule has 6 nitrogen and oxygen atoms in total. The third kappa shape index (κ3) is 5.79. The first-order valence-corrected chi connectivity index (χ1v) is 10.8. The number of nitrogens with one attached hydrogen (secondary N) is 1. The van der Waals surface area contributed by atoms with Gasteiger partial charge in [-0.05, 0) is 35.2 Å². The van der Waals surface area contributed by atoms with Gasteiger partial charge in [0.2, 0.25) is 15.9 Å². The number of carbonyl (C=O) groups excluding carboxylic acids is 1. The molecule has 0 aliphatic heterocycles. The van der Waals surface area contributed by atoms with Crippen LogP contribution < -0.4 is 5.32 Å². The minimum absolute atomic E-state index is 0.0658. The first-order valence-electron chi connectivity index (χ1n) is 8.42. The molecule has 0 saturated heterocycles. The fourth-order valence-electron chi connectivity index (χ4n) is 2.21. The van der Waals surface area contributed by atoms with Crippen LogP contribution in [0.25, 0.3) is 0 Å². The van der Waals surface area contributed by atoms with E-state index < -0.39 is 10.0 Å². The second kappa shape index (κ2) is 8.41. The van der Waals surface area contributed by atoms with E-state index in [2.05, 4.69) is 31.1 Å². The zero-order valence-corrected chi connectivity index (χ0v) is 17.8. The highest BCUT2D eigenvalue weighted by atomic mass is 32.2. The molecule has 0 spiro atoms. The molecule has 2 rings (SSSR count). The zero-order valence-electron chi connectivity index (χ0n) is 16.2. The van der Waals surface area contributed by atoms with Crippen molar-refractivity contribution in [2.45, 2.75) is 36.1 Å². The molecular weight excluding hydrogens is 382 g/mol. The number of pyridine rings is 1. The van der Waals surface area contributed by atoms with Crippen LogP contribution in [0.2, 0.25) is 0 Å². The second-order valence-electron chi connectivity index (χ2n) is 7.28. The van der Waals surface area contributed by atoms with Gasteiger partial charge in [-0.2, -0.15) is 0 Å². The number of sulfonamides is 1. The molecule has 0 aliphatic rings. The van der Waals surface area contributed by atoms with Gasteiger partial charge < -0.3 is 5.32 Å². The topological polar surface area (TPSA) is 79.4 Å². The Balaban J connectivity index is 1.92. The van der Waals surface area contributed by atoms with Crippen molar-refractivity contribution < 1.29 is 13.2 Å². The number of thioether (sulfide) groups is 1. The van der Waals surface area contributed by atoms with E-state index in [0.29, 0.717) is 5.03 Å². The van der Waals surface area contributed by atoms with Crippen molar-refractivity contribution in [3.8, 4) is 0 Å². The summed E-state index contributed by atoms with van der Waals surface area (Å²) in [6.45, 7) is 6.41. The van der Waals surface area contributed by atoms with Gasteiger partial charge in [-0.1, -0.05) is 44.7 Å². The first-order chi connectivity index (χ1) is 12.5. The molecule has 146 valence electrons. The number of hydrogen-bond donors (Lipinski definition) is 1. The van der Waals surface area contributed by atoms with Crippen LogP contribution in [0.5, 0.6) is 0 Å². The lowest BCUT2D eigenvalue weighted by molar-refractivity contribution is -0.113. The normalized spacial score (nSPS) is 12.2. The molecule has 0 aliphatic carbocycles. The van der Waals surface area contributed by atoms with Crippen molar-refractivity contribution in [2.24, 2.45) is 0 Å². The summed E-state index contributed by atoms with van der Waals surface area (Å²) in [4.78, 5) is 16.4. The van der Waals surface area contributed by atoms with E-state index in [9.17, 15) is 13.2 Å². The maximum atomic E-state index is 12.1. The van der Waals surface area contributed by atoms with Gasteiger partial charge in [0, 0.05) is 26.0 Å². The number of hydrogen-bond acceptors (Lipinski definition) is 5. The number of aromatic nitrogens is 1. The lowest BCUT2D eigenvalue weighted by Gasteiger charge is -2.19. The summed E-state index contributed by atoms with van der Waals surface area (Å²) in [5.41, 5.74) is 2.01. The molecule has 2 aromatic rings. The lowest BCUT2D eigenvalue weighted by atomic mass is 9.87. The van der Waals surface area contributed by atoms with Gasteiger partial charge in [-0.25, -0.2) is 17.7 Å². The molecule has 8 heteroatoms. The Bertz CT molecular complexity index is 885. The average Bonchev–Trinajstić information content (AvgIpc) is 2.60. The van der Waals surface area contributed by atoms with E-state index in [-0.39, 0.29) is 22.0 Å². The van der Waals surface area contributed by atoms with E-state index in [1.54, 1.807) is 6.07 Å². The first kappa shape index (κ1) is 21.4. The summed E-state index contributed by atoms with van der Waals surface area (Å²) in [6.07, 6.45) is 1.31. The minimum Gasteiger partial charge on any atom is -0.325 e. The van der Waals surface area contributed by atoms with Crippen LogP contribution in [0, 0.1) is 0 Å². The summed E-state index contributed by atoms with van der Waals surface area (Å²) in [5.74, 6) is 0.0451. The van der Waals surface area contributed by atoms with Crippen LogP contribution in [0.1, 0.15) is 26.3 Å². The van der Waals surface area contributed by atoms with Gasteiger partial charge in [0.25, 0.3) is 0 Å². The fraction of sp³-hybridized carbons (Fsp3) is 0.368. The van der Waals surface area contributed by atoms with Gasteiger partial charge in [0.15, 0.2) is 0 Å². The minimum atomic E-state index is -3.50. The van der Waals surface area contributed by atoms with E-state index in [4.69, 9.17) is 0 Å². The summed E-state index contributed by atoms with van der Waals surface area (Å²) < 4.78 is 25.2. The lowest BCUT2D eigenvalue weighted by Crippen LogP contribution is -2.22. The molecule has 27 heavy (non-hydrogen) atoms. The standard InChI is InChI=1S/C19H25N3O3S2/c1-19(2,3)14-6-8-15(9-7-14)21-17(23)13-26-18-11-10-16(12-20-18)27(24,25)22(4)5/h6-12H,13H2,1-5H3,(H,21,23). The van der Waals surface area contributed by atoms with Gasteiger partial charge in [0.05, 0.1) is 10.8 Å². The van der Waals surface area contributed by atoms with E-state index >= 15 is 0 Å². The molecule has 0 fully saturated rings. The van der Waals surface area contributed by atoms with Crippen LogP contribution in [0.3, 0.4) is 0 Å². The van der Waals surface area contributed by atoms with E-state index in [1.165, 1.54) is 43.7 Å². The smallest absolute Gasteiger partial charge is 0.244 e. The highest BCUT2D eigenvalue weighted by Gasteiger charge is 2.17. The van der Waals surface area contributed by atoms with Crippen molar-refractivity contribution in [3.05, 3.63) is 48.2 Å². The Morgan fingerprint density at radius 2 is 1.74 bits per heavy atom. The SMILES string of the molecule is CN(C)S(=O)(=O)c1ccc(SCC(=O)Nc2ccc(C(C)(C)C)cc2)nc1. The van der Waals surface area contributed by atoms with Crippen LogP contribution in [0.15, 0.2) is 52.5 Å². The highest BCUT2D eigenvalue weighted by Crippen LogP contribution is 2.24. The summed E-state index contributed by atoms with van der Waals surface area (Å²) >= 11 is 1.25. The van der Waals surface area contributed by atoms with Crippen LogP contribution in [-0.2, 0) is 20.2 Å². The monoisotopic (exact) mass is 407 g/mol. The maximum absolute atomic E-state index is 12.1. The largest absolute Gasteiger partial charge is 0.325 e. The molecule has 0 unspecified atom stereocenters.